The summed E-state index contributed by atoms with van der Waals surface area (Å²) in [5.74, 6) is 1.69. The van der Waals surface area contributed by atoms with Crippen molar-refractivity contribution in [1.29, 1.82) is 0 Å². The summed E-state index contributed by atoms with van der Waals surface area (Å²) in [6, 6.07) is 9.82. The molecule has 0 spiro atoms. The molecular formula is C18H23N. The lowest BCUT2D eigenvalue weighted by molar-refractivity contribution is 0.153. The van der Waals surface area contributed by atoms with Gasteiger partial charge in [0.1, 0.15) is 0 Å². The minimum Gasteiger partial charge on any atom is -0.304 e. The average Bonchev–Trinajstić information content (AvgIpc) is 2.69. The Kier molecular flexibility index (Phi) is 2.60. The molecule has 3 aliphatic rings. The third-order valence-electron chi connectivity index (χ3n) is 5.82. The molecule has 1 heteroatoms. The van der Waals surface area contributed by atoms with Gasteiger partial charge in [-0.25, -0.2) is 0 Å². The van der Waals surface area contributed by atoms with Gasteiger partial charge in [0.25, 0.3) is 0 Å². The van der Waals surface area contributed by atoms with Crippen LogP contribution in [0.1, 0.15) is 43.2 Å². The molecule has 1 aliphatic heterocycles. The molecule has 1 aromatic rings. The van der Waals surface area contributed by atoms with Crippen LogP contribution in [0.15, 0.2) is 36.9 Å². The van der Waals surface area contributed by atoms with Crippen molar-refractivity contribution >= 4 is 0 Å². The van der Waals surface area contributed by atoms with Crippen molar-refractivity contribution in [3.63, 3.8) is 0 Å². The van der Waals surface area contributed by atoms with Crippen molar-refractivity contribution in [3.8, 4) is 0 Å². The van der Waals surface area contributed by atoms with Crippen LogP contribution in [0.3, 0.4) is 0 Å². The molecular weight excluding hydrogens is 230 g/mol. The molecule has 1 unspecified atom stereocenters. The van der Waals surface area contributed by atoms with Gasteiger partial charge in [-0.05, 0) is 48.6 Å². The zero-order valence-electron chi connectivity index (χ0n) is 11.6. The summed E-state index contributed by atoms with van der Waals surface area (Å²) in [5.41, 5.74) is 3.51. The van der Waals surface area contributed by atoms with Crippen molar-refractivity contribution in [1.82, 2.24) is 5.32 Å². The molecule has 4 rings (SSSR count). The highest BCUT2D eigenvalue weighted by atomic mass is 15.1. The highest BCUT2D eigenvalue weighted by molar-refractivity contribution is 5.41. The lowest BCUT2D eigenvalue weighted by atomic mass is 9.61. The number of benzene rings is 1. The Morgan fingerprint density at radius 3 is 3.11 bits per heavy atom. The van der Waals surface area contributed by atoms with Crippen LogP contribution in [-0.2, 0) is 12.0 Å². The molecule has 19 heavy (non-hydrogen) atoms. The van der Waals surface area contributed by atoms with Crippen LogP contribution in [-0.4, -0.2) is 6.04 Å². The molecule has 1 nitrogen and oxygen atoms in total. The normalized spacial score (nSPS) is 39.5. The van der Waals surface area contributed by atoms with Crippen LogP contribution >= 0.6 is 0 Å². The van der Waals surface area contributed by atoms with E-state index >= 15 is 0 Å². The van der Waals surface area contributed by atoms with Crippen molar-refractivity contribution in [2.75, 3.05) is 0 Å². The van der Waals surface area contributed by atoms with Crippen LogP contribution in [0, 0.1) is 11.8 Å². The summed E-state index contributed by atoms with van der Waals surface area (Å²) in [6.07, 6.45) is 10.0. The van der Waals surface area contributed by atoms with E-state index in [1.165, 1.54) is 32.1 Å². The maximum atomic E-state index is 4.05. The van der Waals surface area contributed by atoms with Crippen LogP contribution < -0.4 is 5.32 Å². The van der Waals surface area contributed by atoms with E-state index in [2.05, 4.69) is 42.2 Å². The number of hydrogen-bond acceptors (Lipinski definition) is 1. The van der Waals surface area contributed by atoms with E-state index in [1.54, 1.807) is 11.1 Å². The standard InChI is InChI=1S/C18H23N/c1-2-7-17-14-12-13-8-3-4-9-15(13)18(19-17)11-6-5-10-16(14)18/h2-4,8-9,14,16-17,19H,1,5-7,10-12H2/t14-,16-,17?,18+/m0/s1. The Hall–Kier alpha value is -1.08. The SMILES string of the molecule is C=CCC1N[C@@]23CCCC[C@H]2[C@@H]1Cc1ccccc13. The molecule has 2 fully saturated rings. The Morgan fingerprint density at radius 1 is 1.32 bits per heavy atom. The van der Waals surface area contributed by atoms with Crippen molar-refractivity contribution < 1.29 is 0 Å². The molecule has 1 heterocycles. The van der Waals surface area contributed by atoms with E-state index in [9.17, 15) is 0 Å². The maximum absolute atomic E-state index is 4.05. The second-order valence-electron chi connectivity index (χ2n) is 6.62. The van der Waals surface area contributed by atoms with Gasteiger partial charge in [0.2, 0.25) is 0 Å². The van der Waals surface area contributed by atoms with E-state index in [1.807, 2.05) is 0 Å². The molecule has 1 aromatic carbocycles. The quantitative estimate of drug-likeness (QED) is 0.791. The summed E-state index contributed by atoms with van der Waals surface area (Å²) < 4.78 is 0. The van der Waals surface area contributed by atoms with Crippen molar-refractivity contribution in [2.45, 2.75) is 50.1 Å². The third-order valence-corrected chi connectivity index (χ3v) is 5.82. The first kappa shape index (κ1) is 11.7. The molecule has 1 saturated heterocycles. The fraction of sp³-hybridized carbons (Fsp3) is 0.556. The van der Waals surface area contributed by atoms with Gasteiger partial charge in [0.15, 0.2) is 0 Å². The monoisotopic (exact) mass is 253 g/mol. The van der Waals surface area contributed by atoms with Gasteiger partial charge in [-0.1, -0.05) is 43.2 Å². The number of fused-ring (bicyclic) bond motifs is 1. The van der Waals surface area contributed by atoms with Crippen LogP contribution in [0.4, 0.5) is 0 Å². The molecule has 100 valence electrons. The Bertz CT molecular complexity index is 506. The summed E-state index contributed by atoms with van der Waals surface area (Å²) in [4.78, 5) is 0. The van der Waals surface area contributed by atoms with Gasteiger partial charge < -0.3 is 5.32 Å². The summed E-state index contributed by atoms with van der Waals surface area (Å²) in [6.45, 7) is 3.96. The van der Waals surface area contributed by atoms with Gasteiger partial charge in [-0.2, -0.15) is 0 Å². The van der Waals surface area contributed by atoms with E-state index < -0.39 is 0 Å². The number of nitrogens with one attached hydrogen (secondary N) is 1. The predicted octanol–water partition coefficient (Wildman–Crippen LogP) is 3.79. The first-order chi connectivity index (χ1) is 9.35. The number of hydrogen-bond donors (Lipinski definition) is 1. The molecule has 1 saturated carbocycles. The van der Waals surface area contributed by atoms with Gasteiger partial charge in [-0.15, -0.1) is 6.58 Å². The smallest absolute Gasteiger partial charge is 0.0471 e. The average molecular weight is 253 g/mol. The predicted molar refractivity (Wildman–Crippen MR) is 79.0 cm³/mol. The fourth-order valence-corrected chi connectivity index (χ4v) is 5.17. The fourth-order valence-electron chi connectivity index (χ4n) is 5.17. The first-order valence-corrected chi connectivity index (χ1v) is 7.82. The van der Waals surface area contributed by atoms with Gasteiger partial charge in [-0.3, -0.25) is 0 Å². The Balaban J connectivity index is 1.84. The molecule has 2 aliphatic carbocycles. The largest absolute Gasteiger partial charge is 0.304 e. The summed E-state index contributed by atoms with van der Waals surface area (Å²) in [5, 5.41) is 4.05. The van der Waals surface area contributed by atoms with Crippen LogP contribution in [0.5, 0.6) is 0 Å². The maximum Gasteiger partial charge on any atom is 0.0471 e. The van der Waals surface area contributed by atoms with E-state index in [0.717, 1.165) is 18.3 Å². The zero-order chi connectivity index (χ0) is 12.9. The summed E-state index contributed by atoms with van der Waals surface area (Å²) >= 11 is 0. The molecule has 0 radical (unpaired) electrons. The van der Waals surface area contributed by atoms with E-state index in [4.69, 9.17) is 0 Å². The van der Waals surface area contributed by atoms with Gasteiger partial charge >= 0.3 is 0 Å². The minimum atomic E-state index is 0.297. The Labute approximate surface area is 116 Å². The van der Waals surface area contributed by atoms with Crippen LogP contribution in [0.2, 0.25) is 0 Å². The molecule has 0 aromatic heterocycles. The summed E-state index contributed by atoms with van der Waals surface area (Å²) in [7, 11) is 0. The van der Waals surface area contributed by atoms with E-state index in [0.29, 0.717) is 11.6 Å². The topological polar surface area (TPSA) is 12.0 Å². The van der Waals surface area contributed by atoms with Crippen molar-refractivity contribution in [2.24, 2.45) is 11.8 Å². The minimum absolute atomic E-state index is 0.297. The highest BCUT2D eigenvalue weighted by Crippen LogP contribution is 2.56. The Morgan fingerprint density at radius 2 is 2.21 bits per heavy atom. The lowest BCUT2D eigenvalue weighted by Gasteiger charge is -2.45. The van der Waals surface area contributed by atoms with Gasteiger partial charge in [0.05, 0.1) is 0 Å². The highest BCUT2D eigenvalue weighted by Gasteiger charge is 2.57. The molecule has 0 amide bonds. The lowest BCUT2D eigenvalue weighted by Crippen LogP contribution is -2.47. The third kappa shape index (κ3) is 1.51. The van der Waals surface area contributed by atoms with Crippen molar-refractivity contribution in [3.05, 3.63) is 48.0 Å². The zero-order valence-corrected chi connectivity index (χ0v) is 11.6. The first-order valence-electron chi connectivity index (χ1n) is 7.82. The molecule has 1 N–H and O–H groups in total. The second-order valence-corrected chi connectivity index (χ2v) is 6.62. The number of rotatable bonds is 2. The second kappa shape index (κ2) is 4.21. The molecule has 2 bridgehead atoms. The van der Waals surface area contributed by atoms with Crippen LogP contribution in [0.25, 0.3) is 0 Å². The van der Waals surface area contributed by atoms with Gasteiger partial charge in [0, 0.05) is 11.6 Å². The molecule has 4 atom stereocenters. The van der Waals surface area contributed by atoms with E-state index in [-0.39, 0.29) is 0 Å².